The van der Waals surface area contributed by atoms with Gasteiger partial charge in [0.15, 0.2) is 0 Å². The fraction of sp³-hybridized carbons (Fsp3) is 0.333. The minimum absolute atomic E-state index is 0.0138. The lowest BCUT2D eigenvalue weighted by molar-refractivity contribution is -0.145. The monoisotopic (exact) mass is 337 g/mol. The number of rotatable bonds is 5. The van der Waals surface area contributed by atoms with E-state index in [-0.39, 0.29) is 11.8 Å². The summed E-state index contributed by atoms with van der Waals surface area (Å²) in [5.74, 6) is -1.23. The molecule has 0 aromatic heterocycles. The summed E-state index contributed by atoms with van der Waals surface area (Å²) >= 11 is 0. The van der Waals surface area contributed by atoms with E-state index in [2.05, 4.69) is 0 Å². The predicted molar refractivity (Wildman–Crippen MR) is 96.3 cm³/mol. The number of hydrogen-bond acceptors (Lipinski definition) is 2. The van der Waals surface area contributed by atoms with Crippen LogP contribution in [0.3, 0.4) is 0 Å². The van der Waals surface area contributed by atoms with E-state index in [0.29, 0.717) is 25.9 Å². The first-order valence-electron chi connectivity index (χ1n) is 8.75. The molecular weight excluding hydrogens is 314 g/mol. The molecule has 1 atom stereocenters. The van der Waals surface area contributed by atoms with Crippen LogP contribution in [-0.4, -0.2) is 35.0 Å². The van der Waals surface area contributed by atoms with Crippen molar-refractivity contribution in [2.75, 3.05) is 13.1 Å². The van der Waals surface area contributed by atoms with Crippen LogP contribution < -0.4 is 0 Å². The lowest BCUT2D eigenvalue weighted by atomic mass is 9.87. The van der Waals surface area contributed by atoms with Gasteiger partial charge in [0.25, 0.3) is 0 Å². The normalized spacial score (nSPS) is 17.5. The molecule has 1 aliphatic rings. The van der Waals surface area contributed by atoms with E-state index in [1.807, 2.05) is 60.7 Å². The van der Waals surface area contributed by atoms with Gasteiger partial charge in [0, 0.05) is 25.4 Å². The van der Waals surface area contributed by atoms with E-state index in [1.54, 1.807) is 4.90 Å². The Hall–Kier alpha value is -2.62. The number of carbonyl (C=O) groups excluding carboxylic acids is 1. The van der Waals surface area contributed by atoms with Gasteiger partial charge < -0.3 is 10.0 Å². The third-order valence-electron chi connectivity index (χ3n) is 4.91. The number of aliphatic carboxylic acids is 1. The molecule has 2 aromatic rings. The van der Waals surface area contributed by atoms with E-state index in [1.165, 1.54) is 0 Å². The molecule has 1 N–H and O–H groups in total. The van der Waals surface area contributed by atoms with Crippen LogP contribution in [0.5, 0.6) is 0 Å². The maximum absolute atomic E-state index is 12.9. The minimum atomic E-state index is -0.805. The Balaban J connectivity index is 1.78. The summed E-state index contributed by atoms with van der Waals surface area (Å²) in [7, 11) is 0. The fourth-order valence-electron chi connectivity index (χ4n) is 3.51. The number of likely N-dealkylation sites (tertiary alicyclic amines) is 1. The molecule has 130 valence electrons. The van der Waals surface area contributed by atoms with E-state index in [9.17, 15) is 14.7 Å². The Labute approximate surface area is 148 Å². The zero-order valence-electron chi connectivity index (χ0n) is 14.2. The molecule has 0 aliphatic carbocycles. The molecule has 4 heteroatoms. The highest BCUT2D eigenvalue weighted by molar-refractivity contribution is 5.79. The first kappa shape index (κ1) is 17.2. The zero-order valence-corrected chi connectivity index (χ0v) is 14.2. The predicted octanol–water partition coefficient (Wildman–Crippen LogP) is 3.53. The standard InChI is InChI=1S/C21H23NO3/c23-20(22-13-7-12-18(15-22)21(24)25)14-19(16-8-3-1-4-9-16)17-10-5-2-6-11-17/h1-6,8-11,18-19H,7,12-15H2,(H,24,25)/t18-/m0/s1. The van der Waals surface area contributed by atoms with Crippen LogP contribution in [0.2, 0.25) is 0 Å². The Morgan fingerprint density at radius 2 is 1.56 bits per heavy atom. The Morgan fingerprint density at radius 3 is 2.08 bits per heavy atom. The van der Waals surface area contributed by atoms with Crippen LogP contribution in [0.4, 0.5) is 0 Å². The molecule has 0 radical (unpaired) electrons. The van der Waals surface area contributed by atoms with Crippen molar-refractivity contribution in [2.45, 2.75) is 25.2 Å². The van der Waals surface area contributed by atoms with Crippen molar-refractivity contribution in [3.8, 4) is 0 Å². The summed E-state index contributed by atoms with van der Waals surface area (Å²) < 4.78 is 0. The van der Waals surface area contributed by atoms with Crippen molar-refractivity contribution in [3.63, 3.8) is 0 Å². The smallest absolute Gasteiger partial charge is 0.308 e. The van der Waals surface area contributed by atoms with Gasteiger partial charge in [-0.15, -0.1) is 0 Å². The van der Waals surface area contributed by atoms with Gasteiger partial charge in [-0.1, -0.05) is 60.7 Å². The quantitative estimate of drug-likeness (QED) is 0.908. The van der Waals surface area contributed by atoms with E-state index in [4.69, 9.17) is 0 Å². The molecule has 1 saturated heterocycles. The third kappa shape index (κ3) is 4.27. The average Bonchev–Trinajstić information content (AvgIpc) is 2.67. The summed E-state index contributed by atoms with van der Waals surface area (Å²) in [5, 5.41) is 9.24. The molecule has 25 heavy (non-hydrogen) atoms. The average molecular weight is 337 g/mol. The highest BCUT2D eigenvalue weighted by atomic mass is 16.4. The zero-order chi connectivity index (χ0) is 17.6. The lowest BCUT2D eigenvalue weighted by Gasteiger charge is -2.32. The molecule has 0 bridgehead atoms. The van der Waals surface area contributed by atoms with E-state index < -0.39 is 11.9 Å². The van der Waals surface area contributed by atoms with Gasteiger partial charge >= 0.3 is 5.97 Å². The van der Waals surface area contributed by atoms with E-state index >= 15 is 0 Å². The summed E-state index contributed by atoms with van der Waals surface area (Å²) in [5.41, 5.74) is 2.21. The summed E-state index contributed by atoms with van der Waals surface area (Å²) in [6.45, 7) is 0.976. The highest BCUT2D eigenvalue weighted by Gasteiger charge is 2.29. The number of piperidine rings is 1. The van der Waals surface area contributed by atoms with Gasteiger partial charge in [-0.25, -0.2) is 0 Å². The Bertz CT molecular complexity index is 675. The Kier molecular flexibility index (Phi) is 5.49. The summed E-state index contributed by atoms with van der Waals surface area (Å²) in [4.78, 5) is 25.8. The summed E-state index contributed by atoms with van der Waals surface area (Å²) in [6, 6.07) is 20.0. The molecule has 0 spiro atoms. The summed E-state index contributed by atoms with van der Waals surface area (Å²) in [6.07, 6.45) is 1.77. The van der Waals surface area contributed by atoms with E-state index in [0.717, 1.165) is 17.5 Å². The molecule has 1 aliphatic heterocycles. The van der Waals surface area contributed by atoms with Crippen molar-refractivity contribution in [2.24, 2.45) is 5.92 Å². The second-order valence-electron chi connectivity index (χ2n) is 6.60. The van der Waals surface area contributed by atoms with Crippen molar-refractivity contribution >= 4 is 11.9 Å². The third-order valence-corrected chi connectivity index (χ3v) is 4.91. The Morgan fingerprint density at radius 1 is 1.00 bits per heavy atom. The van der Waals surface area contributed by atoms with Crippen LogP contribution in [0.25, 0.3) is 0 Å². The lowest BCUT2D eigenvalue weighted by Crippen LogP contribution is -2.42. The van der Waals surface area contributed by atoms with Gasteiger partial charge in [-0.05, 0) is 24.0 Å². The van der Waals surface area contributed by atoms with Crippen LogP contribution in [0.1, 0.15) is 36.3 Å². The fourth-order valence-corrected chi connectivity index (χ4v) is 3.51. The minimum Gasteiger partial charge on any atom is -0.481 e. The van der Waals surface area contributed by atoms with Crippen molar-refractivity contribution < 1.29 is 14.7 Å². The number of hydrogen-bond donors (Lipinski definition) is 1. The molecule has 1 fully saturated rings. The maximum atomic E-state index is 12.9. The molecule has 3 rings (SSSR count). The highest BCUT2D eigenvalue weighted by Crippen LogP contribution is 2.29. The van der Waals surface area contributed by atoms with Crippen LogP contribution in [-0.2, 0) is 9.59 Å². The number of benzene rings is 2. The van der Waals surface area contributed by atoms with Crippen LogP contribution >= 0.6 is 0 Å². The first-order chi connectivity index (χ1) is 12.1. The van der Waals surface area contributed by atoms with Gasteiger partial charge in [0.05, 0.1) is 5.92 Å². The largest absolute Gasteiger partial charge is 0.481 e. The van der Waals surface area contributed by atoms with Crippen molar-refractivity contribution in [3.05, 3.63) is 71.8 Å². The molecule has 1 amide bonds. The maximum Gasteiger partial charge on any atom is 0.308 e. The first-order valence-corrected chi connectivity index (χ1v) is 8.75. The van der Waals surface area contributed by atoms with Gasteiger partial charge in [-0.2, -0.15) is 0 Å². The number of amides is 1. The SMILES string of the molecule is O=C(O)[C@H]1CCCN(C(=O)CC(c2ccccc2)c2ccccc2)C1. The van der Waals surface area contributed by atoms with Gasteiger partial charge in [0.1, 0.15) is 0 Å². The molecule has 4 nitrogen and oxygen atoms in total. The molecule has 0 unspecified atom stereocenters. The second-order valence-corrected chi connectivity index (χ2v) is 6.60. The molecular formula is C21H23NO3. The van der Waals surface area contributed by atoms with Gasteiger partial charge in [0.2, 0.25) is 5.91 Å². The molecule has 0 saturated carbocycles. The number of carbonyl (C=O) groups is 2. The van der Waals surface area contributed by atoms with Crippen molar-refractivity contribution in [1.82, 2.24) is 4.90 Å². The molecule has 1 heterocycles. The van der Waals surface area contributed by atoms with Crippen LogP contribution in [0, 0.1) is 5.92 Å². The molecule has 2 aromatic carbocycles. The second kappa shape index (κ2) is 7.97. The van der Waals surface area contributed by atoms with Gasteiger partial charge in [-0.3, -0.25) is 9.59 Å². The number of carboxylic acid groups (broad SMARTS) is 1. The topological polar surface area (TPSA) is 57.6 Å². The number of nitrogens with zero attached hydrogens (tertiary/aromatic N) is 1. The number of carboxylic acids is 1. The van der Waals surface area contributed by atoms with Crippen LogP contribution in [0.15, 0.2) is 60.7 Å². The van der Waals surface area contributed by atoms with Crippen molar-refractivity contribution in [1.29, 1.82) is 0 Å².